The molecule has 0 aromatic carbocycles. The Kier molecular flexibility index (Phi) is 3.79. The van der Waals surface area contributed by atoms with Crippen molar-refractivity contribution in [3.05, 3.63) is 34.7 Å². The summed E-state index contributed by atoms with van der Waals surface area (Å²) in [7, 11) is 0. The number of hydrogen-bond donors (Lipinski definition) is 1. The van der Waals surface area contributed by atoms with Gasteiger partial charge >= 0.3 is 0 Å². The molecule has 1 unspecified atom stereocenters. The van der Waals surface area contributed by atoms with Crippen molar-refractivity contribution in [2.24, 2.45) is 5.92 Å². The van der Waals surface area contributed by atoms with Gasteiger partial charge in [-0.3, -0.25) is 0 Å². The van der Waals surface area contributed by atoms with Gasteiger partial charge in [0, 0.05) is 17.3 Å². The molecule has 1 atom stereocenters. The van der Waals surface area contributed by atoms with Crippen molar-refractivity contribution in [1.82, 2.24) is 29.5 Å². The third-order valence-corrected chi connectivity index (χ3v) is 6.64. The van der Waals surface area contributed by atoms with Crippen LogP contribution >= 0.6 is 23.1 Å². The lowest BCUT2D eigenvalue weighted by Gasteiger charge is -2.17. The fourth-order valence-electron chi connectivity index (χ4n) is 3.38. The van der Waals surface area contributed by atoms with E-state index < -0.39 is 0 Å². The summed E-state index contributed by atoms with van der Waals surface area (Å²) in [5, 5.41) is 6.12. The summed E-state index contributed by atoms with van der Waals surface area (Å²) in [6.07, 6.45) is 6.95. The SMILES string of the molecule is CC1CCc2c(sc3nc(CSc4nc5ncccn5n4)nc(N)c23)C1. The first kappa shape index (κ1) is 16.0. The van der Waals surface area contributed by atoms with E-state index in [0.29, 0.717) is 22.5 Å². The normalized spacial score (nSPS) is 17.0. The molecule has 2 N–H and O–H groups in total. The third kappa shape index (κ3) is 2.71. The van der Waals surface area contributed by atoms with Crippen molar-refractivity contribution in [1.29, 1.82) is 0 Å². The number of hydrogen-bond acceptors (Lipinski definition) is 8. The highest BCUT2D eigenvalue weighted by atomic mass is 32.2. The first-order chi connectivity index (χ1) is 12.7. The highest BCUT2D eigenvalue weighted by Crippen LogP contribution is 2.39. The standard InChI is InChI=1S/C17H17N7S2/c1-9-3-4-10-11(7-9)26-15-13(10)14(18)20-12(21-15)8-25-17-22-16-19-5-2-6-24(16)23-17/h2,5-6,9H,3-4,7-8H2,1H3,(H2,18,20,21). The average Bonchev–Trinajstić information content (AvgIpc) is 3.19. The zero-order valence-corrected chi connectivity index (χ0v) is 15.8. The van der Waals surface area contributed by atoms with E-state index in [0.717, 1.165) is 34.8 Å². The van der Waals surface area contributed by atoms with Crippen LogP contribution in [-0.2, 0) is 18.6 Å². The number of thioether (sulfide) groups is 1. The minimum Gasteiger partial charge on any atom is -0.383 e. The van der Waals surface area contributed by atoms with E-state index in [1.807, 2.05) is 12.3 Å². The Morgan fingerprint density at radius 1 is 1.35 bits per heavy atom. The maximum atomic E-state index is 6.29. The molecule has 26 heavy (non-hydrogen) atoms. The predicted octanol–water partition coefficient (Wildman–Crippen LogP) is 3.13. The minimum atomic E-state index is 0.579. The number of fused-ring (bicyclic) bond motifs is 4. The number of nitrogens with two attached hydrogens (primary N) is 1. The fraction of sp³-hybridized carbons (Fsp3) is 0.353. The van der Waals surface area contributed by atoms with Gasteiger partial charge in [0.2, 0.25) is 5.16 Å². The second kappa shape index (κ2) is 6.17. The molecule has 0 fully saturated rings. The zero-order chi connectivity index (χ0) is 17.7. The van der Waals surface area contributed by atoms with Gasteiger partial charge in [-0.05, 0) is 36.8 Å². The first-order valence-electron chi connectivity index (χ1n) is 8.54. The largest absolute Gasteiger partial charge is 0.383 e. The number of thiophene rings is 1. The molecule has 5 rings (SSSR count). The van der Waals surface area contributed by atoms with Crippen LogP contribution in [0.4, 0.5) is 5.82 Å². The maximum absolute atomic E-state index is 6.29. The van der Waals surface area contributed by atoms with Crippen molar-refractivity contribution in [2.75, 3.05) is 5.73 Å². The molecule has 0 amide bonds. The highest BCUT2D eigenvalue weighted by molar-refractivity contribution is 7.98. The third-order valence-electron chi connectivity index (χ3n) is 4.66. The Morgan fingerprint density at radius 2 is 2.27 bits per heavy atom. The number of nitrogen functional groups attached to an aromatic ring is 1. The van der Waals surface area contributed by atoms with E-state index in [-0.39, 0.29) is 0 Å². The van der Waals surface area contributed by atoms with Crippen LogP contribution in [0.5, 0.6) is 0 Å². The van der Waals surface area contributed by atoms with Gasteiger partial charge in [0.1, 0.15) is 16.5 Å². The lowest BCUT2D eigenvalue weighted by atomic mass is 9.89. The van der Waals surface area contributed by atoms with Crippen LogP contribution in [0.3, 0.4) is 0 Å². The number of rotatable bonds is 3. The predicted molar refractivity (Wildman–Crippen MR) is 103 cm³/mol. The number of nitrogens with zero attached hydrogens (tertiary/aromatic N) is 6. The lowest BCUT2D eigenvalue weighted by Crippen LogP contribution is -2.09. The van der Waals surface area contributed by atoms with Crippen LogP contribution in [-0.4, -0.2) is 29.5 Å². The summed E-state index contributed by atoms with van der Waals surface area (Å²) in [6, 6.07) is 1.83. The topological polar surface area (TPSA) is 94.9 Å². The van der Waals surface area contributed by atoms with Crippen LogP contribution in [0.1, 0.15) is 29.6 Å². The summed E-state index contributed by atoms with van der Waals surface area (Å²) < 4.78 is 1.66. The van der Waals surface area contributed by atoms with Crippen LogP contribution in [0.2, 0.25) is 0 Å². The van der Waals surface area contributed by atoms with Crippen LogP contribution in [0, 0.1) is 5.92 Å². The Hall–Kier alpha value is -2.26. The fourth-order valence-corrected chi connectivity index (χ4v) is 5.47. The highest BCUT2D eigenvalue weighted by Gasteiger charge is 2.23. The van der Waals surface area contributed by atoms with Gasteiger partial charge in [-0.25, -0.2) is 19.5 Å². The Morgan fingerprint density at radius 3 is 3.15 bits per heavy atom. The van der Waals surface area contributed by atoms with E-state index >= 15 is 0 Å². The van der Waals surface area contributed by atoms with Crippen LogP contribution < -0.4 is 5.73 Å². The Labute approximate surface area is 158 Å². The summed E-state index contributed by atoms with van der Waals surface area (Å²) >= 11 is 3.26. The van der Waals surface area contributed by atoms with Gasteiger partial charge in [0.25, 0.3) is 5.78 Å². The van der Waals surface area contributed by atoms with Crippen molar-refractivity contribution in [2.45, 2.75) is 37.1 Å². The van der Waals surface area contributed by atoms with Gasteiger partial charge in [-0.1, -0.05) is 18.7 Å². The molecule has 1 aliphatic rings. The quantitative estimate of drug-likeness (QED) is 0.543. The van der Waals surface area contributed by atoms with Crippen molar-refractivity contribution >= 4 is 44.9 Å². The molecule has 0 saturated heterocycles. The van der Waals surface area contributed by atoms with E-state index in [2.05, 4.69) is 27.0 Å². The molecular weight excluding hydrogens is 366 g/mol. The van der Waals surface area contributed by atoms with Gasteiger partial charge in [0.15, 0.2) is 0 Å². The second-order valence-electron chi connectivity index (χ2n) is 6.60. The summed E-state index contributed by atoms with van der Waals surface area (Å²) in [4.78, 5) is 20.3. The molecule has 0 aliphatic heterocycles. The van der Waals surface area contributed by atoms with E-state index in [1.165, 1.54) is 28.6 Å². The Balaban J connectivity index is 1.44. The molecule has 0 spiro atoms. The molecular formula is C17H17N7S2. The molecule has 1 aliphatic carbocycles. The van der Waals surface area contributed by atoms with E-state index in [1.54, 1.807) is 22.0 Å². The summed E-state index contributed by atoms with van der Waals surface area (Å²) in [5.74, 6) is 3.22. The van der Waals surface area contributed by atoms with Gasteiger partial charge in [-0.2, -0.15) is 4.98 Å². The van der Waals surface area contributed by atoms with E-state index in [9.17, 15) is 0 Å². The number of anilines is 1. The smallest absolute Gasteiger partial charge is 0.253 e. The molecule has 4 aromatic rings. The number of aryl methyl sites for hydroxylation is 1. The second-order valence-corrected chi connectivity index (χ2v) is 8.63. The van der Waals surface area contributed by atoms with Crippen molar-refractivity contribution in [3.63, 3.8) is 0 Å². The molecule has 4 heterocycles. The molecule has 0 saturated carbocycles. The molecule has 132 valence electrons. The molecule has 9 heteroatoms. The summed E-state index contributed by atoms with van der Waals surface area (Å²) in [5.41, 5.74) is 7.66. The number of aromatic nitrogens is 6. The zero-order valence-electron chi connectivity index (χ0n) is 14.2. The minimum absolute atomic E-state index is 0.579. The maximum Gasteiger partial charge on any atom is 0.253 e. The van der Waals surface area contributed by atoms with Crippen molar-refractivity contribution in [3.8, 4) is 0 Å². The Bertz CT molecular complexity index is 1080. The van der Waals surface area contributed by atoms with Crippen LogP contribution in [0.15, 0.2) is 23.6 Å². The first-order valence-corrected chi connectivity index (χ1v) is 10.3. The summed E-state index contributed by atoms with van der Waals surface area (Å²) in [6.45, 7) is 2.31. The van der Waals surface area contributed by atoms with Gasteiger partial charge in [-0.15, -0.1) is 16.4 Å². The average molecular weight is 384 g/mol. The van der Waals surface area contributed by atoms with Crippen molar-refractivity contribution < 1.29 is 0 Å². The lowest BCUT2D eigenvalue weighted by molar-refractivity contribution is 0.509. The molecule has 0 bridgehead atoms. The molecule has 7 nitrogen and oxygen atoms in total. The van der Waals surface area contributed by atoms with Gasteiger partial charge in [0.05, 0.1) is 11.1 Å². The molecule has 0 radical (unpaired) electrons. The van der Waals surface area contributed by atoms with Gasteiger partial charge < -0.3 is 5.73 Å². The van der Waals surface area contributed by atoms with E-state index in [4.69, 9.17) is 10.7 Å². The molecule has 4 aromatic heterocycles. The van der Waals surface area contributed by atoms with Crippen LogP contribution in [0.25, 0.3) is 16.0 Å². The monoisotopic (exact) mass is 383 g/mol.